The van der Waals surface area contributed by atoms with Gasteiger partial charge in [0.1, 0.15) is 12.5 Å². The topological polar surface area (TPSA) is 171 Å². The van der Waals surface area contributed by atoms with Crippen LogP contribution in [0, 0.1) is 31.6 Å². The summed E-state index contributed by atoms with van der Waals surface area (Å²) >= 11 is 0. The lowest BCUT2D eigenvalue weighted by atomic mass is 9.88. The Hall–Kier alpha value is -3.60. The Balaban J connectivity index is 1.70. The third kappa shape index (κ3) is 6.82. The van der Waals surface area contributed by atoms with Crippen LogP contribution < -0.4 is 10.6 Å². The summed E-state index contributed by atoms with van der Waals surface area (Å²) in [5.74, 6) is -1.81. The van der Waals surface area contributed by atoms with Crippen LogP contribution in [-0.4, -0.2) is 60.8 Å². The minimum atomic E-state index is -0.876. The van der Waals surface area contributed by atoms with Gasteiger partial charge in [-0.15, -0.1) is 13.2 Å². The summed E-state index contributed by atoms with van der Waals surface area (Å²) in [6, 6.07) is -0.0179. The maximum absolute atomic E-state index is 11.5. The Morgan fingerprint density at radius 3 is 1.88 bits per heavy atom. The number of H-pyrrole nitrogens is 2. The van der Waals surface area contributed by atoms with E-state index in [2.05, 4.69) is 33.8 Å². The van der Waals surface area contributed by atoms with Crippen molar-refractivity contribution in [3.63, 3.8) is 0 Å². The molecule has 0 bridgehead atoms. The smallest absolute Gasteiger partial charge is 0.303 e. The Kier molecular flexibility index (Phi) is 10.0. The lowest BCUT2D eigenvalue weighted by Gasteiger charge is -2.18. The molecule has 10 heteroatoms. The second-order valence-corrected chi connectivity index (χ2v) is 12.1. The van der Waals surface area contributed by atoms with Gasteiger partial charge in [0.2, 0.25) is 0 Å². The van der Waals surface area contributed by atoms with Gasteiger partial charge in [-0.1, -0.05) is 19.1 Å². The van der Waals surface area contributed by atoms with Crippen molar-refractivity contribution in [1.29, 1.82) is 0 Å². The first kappa shape index (κ1) is 32.3. The van der Waals surface area contributed by atoms with Gasteiger partial charge < -0.3 is 35.7 Å². The van der Waals surface area contributed by atoms with Gasteiger partial charge in [0.25, 0.3) is 0 Å². The van der Waals surface area contributed by atoms with Crippen LogP contribution in [0.5, 0.6) is 0 Å². The summed E-state index contributed by atoms with van der Waals surface area (Å²) in [6.07, 6.45) is 4.56. The Morgan fingerprint density at radius 1 is 0.814 bits per heavy atom. The Bertz CT molecular complexity index is 1420. The second-order valence-electron chi connectivity index (χ2n) is 12.1. The monoisotopic (exact) mass is 594 g/mol. The SMILES string of the molecule is C=C[C@@H]1[C@@H](C)[C@H](O)N[C@H]1Cc1[nH]c(Cc2[nH]c(CC3=C(C)[C@H](C=C)[C@@H](O)N3)c(C)c2CCC(=O)O)c(CCC(=O)O)c1C. The number of aliphatic hydroxyl groups excluding tert-OH is 2. The molecule has 43 heavy (non-hydrogen) atoms. The number of rotatable bonds is 14. The van der Waals surface area contributed by atoms with Gasteiger partial charge in [0.15, 0.2) is 0 Å². The van der Waals surface area contributed by atoms with Crippen LogP contribution in [0.4, 0.5) is 0 Å². The van der Waals surface area contributed by atoms with Crippen molar-refractivity contribution in [2.45, 2.75) is 91.1 Å². The first-order chi connectivity index (χ1) is 20.4. The molecule has 0 saturated carbocycles. The van der Waals surface area contributed by atoms with E-state index in [1.807, 2.05) is 33.8 Å². The van der Waals surface area contributed by atoms with Gasteiger partial charge in [0, 0.05) is 78.5 Å². The van der Waals surface area contributed by atoms with Crippen molar-refractivity contribution < 1.29 is 30.0 Å². The van der Waals surface area contributed by atoms with Gasteiger partial charge in [-0.25, -0.2) is 0 Å². The molecule has 4 rings (SSSR count). The molecule has 0 radical (unpaired) electrons. The average Bonchev–Trinajstić information content (AvgIpc) is 3.59. The van der Waals surface area contributed by atoms with Crippen LogP contribution in [0.25, 0.3) is 0 Å². The number of nitrogens with one attached hydrogen (secondary N) is 4. The van der Waals surface area contributed by atoms with Crippen molar-refractivity contribution >= 4 is 11.9 Å². The normalized spacial score (nSPS) is 25.3. The third-order valence-corrected chi connectivity index (χ3v) is 9.57. The second kappa shape index (κ2) is 13.4. The highest BCUT2D eigenvalue weighted by molar-refractivity contribution is 5.68. The van der Waals surface area contributed by atoms with E-state index in [0.29, 0.717) is 32.1 Å². The predicted octanol–water partition coefficient (Wildman–Crippen LogP) is 3.40. The molecular weight excluding hydrogens is 548 g/mol. The lowest BCUT2D eigenvalue weighted by molar-refractivity contribution is -0.138. The molecule has 234 valence electrons. The standard InChI is InChI=1S/C33H46N4O6/c1-7-20-19(6)32(42)37-27(20)14-25-18(5)23(10-12-31(40)41)29(35-25)15-28-22(9-11-30(38)39)17(4)24(34-28)13-26-16(3)21(8-2)33(43)36-26/h7-8,19-21,27,32-37,42-43H,1-2,9-15H2,3-6H3,(H,38,39)(H,40,41)/t19-,20-,21+,27+,32+,33-/m1/s1. The molecule has 1 saturated heterocycles. The molecule has 2 aromatic heterocycles. The summed E-state index contributed by atoms with van der Waals surface area (Å²) in [5, 5.41) is 46.2. The summed E-state index contributed by atoms with van der Waals surface area (Å²) in [5.41, 5.74) is 9.52. The molecule has 0 aromatic carbocycles. The molecule has 2 aromatic rings. The summed E-state index contributed by atoms with van der Waals surface area (Å²) < 4.78 is 0. The molecule has 0 unspecified atom stereocenters. The lowest BCUT2D eigenvalue weighted by Crippen LogP contribution is -2.33. The fourth-order valence-corrected chi connectivity index (χ4v) is 6.87. The molecule has 0 aliphatic carbocycles. The summed E-state index contributed by atoms with van der Waals surface area (Å²) in [6.45, 7) is 15.8. The molecule has 10 nitrogen and oxygen atoms in total. The molecule has 6 atom stereocenters. The zero-order valence-corrected chi connectivity index (χ0v) is 25.6. The molecule has 0 spiro atoms. The van der Waals surface area contributed by atoms with Crippen molar-refractivity contribution in [2.75, 3.05) is 0 Å². The van der Waals surface area contributed by atoms with E-state index in [1.165, 1.54) is 0 Å². The zero-order valence-electron chi connectivity index (χ0n) is 25.6. The number of carboxylic acids is 2. The first-order valence-electron chi connectivity index (χ1n) is 15.0. The quantitative estimate of drug-likeness (QED) is 0.154. The van der Waals surface area contributed by atoms with Crippen molar-refractivity contribution in [3.8, 4) is 0 Å². The summed E-state index contributed by atoms with van der Waals surface area (Å²) in [7, 11) is 0. The number of carbonyl (C=O) groups is 2. The number of aromatic nitrogens is 2. The molecule has 2 aliphatic rings. The van der Waals surface area contributed by atoms with E-state index >= 15 is 0 Å². The summed E-state index contributed by atoms with van der Waals surface area (Å²) in [4.78, 5) is 30.3. The first-order valence-corrected chi connectivity index (χ1v) is 15.0. The van der Waals surface area contributed by atoms with E-state index in [4.69, 9.17) is 0 Å². The van der Waals surface area contributed by atoms with E-state index in [1.54, 1.807) is 6.08 Å². The van der Waals surface area contributed by atoms with Crippen LogP contribution in [0.2, 0.25) is 0 Å². The minimum absolute atomic E-state index is 0.00931. The molecule has 0 amide bonds. The molecule has 4 heterocycles. The average molecular weight is 595 g/mol. The van der Waals surface area contributed by atoms with E-state index in [-0.39, 0.29) is 36.6 Å². The minimum Gasteiger partial charge on any atom is -0.481 e. The van der Waals surface area contributed by atoms with Crippen LogP contribution >= 0.6 is 0 Å². The highest BCUT2D eigenvalue weighted by Crippen LogP contribution is 2.33. The highest BCUT2D eigenvalue weighted by atomic mass is 16.4. The highest BCUT2D eigenvalue weighted by Gasteiger charge is 2.38. The Labute approximate surface area is 253 Å². The molecule has 8 N–H and O–H groups in total. The van der Waals surface area contributed by atoms with Crippen LogP contribution in [0.1, 0.15) is 71.7 Å². The van der Waals surface area contributed by atoms with Crippen molar-refractivity contribution in [3.05, 3.63) is 81.6 Å². The molecule has 1 fully saturated rings. The molecule has 2 aliphatic heterocycles. The predicted molar refractivity (Wildman–Crippen MR) is 164 cm³/mol. The van der Waals surface area contributed by atoms with Crippen LogP contribution in [0.3, 0.4) is 0 Å². The van der Waals surface area contributed by atoms with E-state index < -0.39 is 24.4 Å². The number of aliphatic carboxylic acids is 2. The van der Waals surface area contributed by atoms with Crippen LogP contribution in [-0.2, 0) is 41.7 Å². The van der Waals surface area contributed by atoms with Gasteiger partial charge >= 0.3 is 11.9 Å². The van der Waals surface area contributed by atoms with Gasteiger partial charge in [-0.3, -0.25) is 14.9 Å². The third-order valence-electron chi connectivity index (χ3n) is 9.57. The van der Waals surface area contributed by atoms with Gasteiger partial charge in [-0.05, 0) is 67.4 Å². The zero-order chi connectivity index (χ0) is 31.6. The van der Waals surface area contributed by atoms with Gasteiger partial charge in [0.05, 0.1) is 0 Å². The van der Waals surface area contributed by atoms with Crippen LogP contribution in [0.15, 0.2) is 36.6 Å². The van der Waals surface area contributed by atoms with Crippen molar-refractivity contribution in [2.24, 2.45) is 17.8 Å². The Morgan fingerprint density at radius 2 is 1.37 bits per heavy atom. The fraction of sp³-hybridized carbons (Fsp3) is 0.515. The van der Waals surface area contributed by atoms with E-state index in [9.17, 15) is 30.0 Å². The number of carboxylic acid groups (broad SMARTS) is 2. The number of hydrogen-bond acceptors (Lipinski definition) is 6. The number of allylic oxidation sites excluding steroid dienone is 1. The largest absolute Gasteiger partial charge is 0.481 e. The number of aromatic amines is 2. The van der Waals surface area contributed by atoms with Gasteiger partial charge in [-0.2, -0.15) is 0 Å². The van der Waals surface area contributed by atoms with E-state index in [0.717, 1.165) is 56.3 Å². The van der Waals surface area contributed by atoms with Crippen molar-refractivity contribution in [1.82, 2.24) is 20.6 Å². The fourth-order valence-electron chi connectivity index (χ4n) is 6.87. The maximum Gasteiger partial charge on any atom is 0.303 e. The molecular formula is C33H46N4O6. The maximum atomic E-state index is 11.5. The number of aliphatic hydroxyl groups is 2. The number of hydrogen-bond donors (Lipinski definition) is 8.